The summed E-state index contributed by atoms with van der Waals surface area (Å²) in [7, 11) is 0. The lowest BCUT2D eigenvalue weighted by atomic mass is 9.92. The summed E-state index contributed by atoms with van der Waals surface area (Å²) >= 11 is 2.33. The van der Waals surface area contributed by atoms with Gasteiger partial charge in [-0.3, -0.25) is 14.2 Å². The molecule has 0 N–H and O–H groups in total. The molecule has 0 spiro atoms. The average Bonchev–Trinajstić information content (AvgIpc) is 3.13. The molecule has 158 valence electrons. The first-order valence-electron chi connectivity index (χ1n) is 9.69. The van der Waals surface area contributed by atoms with E-state index in [-0.39, 0.29) is 22.5 Å². The number of benzene rings is 1. The van der Waals surface area contributed by atoms with Crippen LogP contribution in [-0.4, -0.2) is 39.2 Å². The molecule has 1 amide bonds. The zero-order valence-corrected chi connectivity index (χ0v) is 18.2. The third-order valence-electron chi connectivity index (χ3n) is 5.10. The van der Waals surface area contributed by atoms with Crippen LogP contribution in [0.5, 0.6) is 0 Å². The Bertz CT molecular complexity index is 1130. The summed E-state index contributed by atoms with van der Waals surface area (Å²) < 4.78 is 29.2. The second-order valence-corrected chi connectivity index (χ2v) is 9.69. The molecule has 3 heterocycles. The second-order valence-electron chi connectivity index (χ2n) is 7.83. The van der Waals surface area contributed by atoms with Crippen molar-refractivity contribution in [3.63, 3.8) is 0 Å². The zero-order chi connectivity index (χ0) is 21.4. The molecule has 0 aliphatic carbocycles. The van der Waals surface area contributed by atoms with E-state index >= 15 is 0 Å². The third-order valence-corrected chi connectivity index (χ3v) is 6.92. The average molecular weight is 450 g/mol. The fourth-order valence-corrected chi connectivity index (χ4v) is 5.64. The maximum absolute atomic E-state index is 13.8. The lowest BCUT2D eigenvalue weighted by Gasteiger charge is -2.35. The Labute approximate surface area is 180 Å². The number of hydrogen-bond acceptors (Lipinski definition) is 5. The van der Waals surface area contributed by atoms with Gasteiger partial charge in [0.1, 0.15) is 16.3 Å². The predicted molar refractivity (Wildman–Crippen MR) is 115 cm³/mol. The first kappa shape index (κ1) is 21.0. The molecule has 1 aliphatic heterocycles. The minimum atomic E-state index is -0.786. The molecule has 3 aromatic rings. The van der Waals surface area contributed by atoms with Gasteiger partial charge in [0.25, 0.3) is 5.56 Å². The van der Waals surface area contributed by atoms with E-state index in [4.69, 9.17) is 0 Å². The van der Waals surface area contributed by atoms with Gasteiger partial charge in [0, 0.05) is 19.2 Å². The van der Waals surface area contributed by atoms with E-state index in [1.807, 2.05) is 4.90 Å². The first-order chi connectivity index (χ1) is 14.3. The molecule has 0 saturated carbocycles. The standard InChI is InChI=1S/C21H21F2N3O2S2/c1-12-5-13(2)10-25(9-12)18(27)11-30-21-24-17-3-4-29-19(17)20(28)26(21)16-7-14(22)6-15(23)8-16/h3-4,6-8,12-13H,5,9-11H2,1-2H3/t12-,13-/m0/s1. The number of likely N-dealkylation sites (tertiary alicyclic amines) is 1. The largest absolute Gasteiger partial charge is 0.341 e. The lowest BCUT2D eigenvalue weighted by molar-refractivity contribution is -0.130. The molecule has 2 atom stereocenters. The Balaban J connectivity index is 1.68. The normalized spacial score (nSPS) is 19.4. The summed E-state index contributed by atoms with van der Waals surface area (Å²) in [6, 6.07) is 4.65. The highest BCUT2D eigenvalue weighted by Gasteiger charge is 2.26. The lowest BCUT2D eigenvalue weighted by Crippen LogP contribution is -2.43. The summed E-state index contributed by atoms with van der Waals surface area (Å²) in [5, 5.41) is 1.98. The number of thiophene rings is 1. The summed E-state index contributed by atoms with van der Waals surface area (Å²) in [5.74, 6) is -0.625. The van der Waals surface area contributed by atoms with Crippen LogP contribution in [0.25, 0.3) is 15.9 Å². The Morgan fingerprint density at radius 1 is 1.20 bits per heavy atom. The molecule has 9 heteroatoms. The molecule has 0 radical (unpaired) electrons. The fraction of sp³-hybridized carbons (Fsp3) is 0.381. The minimum Gasteiger partial charge on any atom is -0.341 e. The Hall–Kier alpha value is -2.26. The van der Waals surface area contributed by atoms with Crippen molar-refractivity contribution in [1.82, 2.24) is 14.5 Å². The van der Waals surface area contributed by atoms with Crippen LogP contribution in [0.4, 0.5) is 8.78 Å². The van der Waals surface area contributed by atoms with Crippen molar-refractivity contribution < 1.29 is 13.6 Å². The van der Waals surface area contributed by atoms with E-state index in [0.717, 1.165) is 36.4 Å². The molecular weight excluding hydrogens is 428 g/mol. The zero-order valence-electron chi connectivity index (χ0n) is 16.6. The Morgan fingerprint density at radius 3 is 2.53 bits per heavy atom. The molecule has 2 aromatic heterocycles. The minimum absolute atomic E-state index is 0.0324. The number of hydrogen-bond donors (Lipinski definition) is 0. The van der Waals surface area contributed by atoms with Crippen LogP contribution in [-0.2, 0) is 4.79 Å². The van der Waals surface area contributed by atoms with Gasteiger partial charge >= 0.3 is 0 Å². The van der Waals surface area contributed by atoms with E-state index in [1.165, 1.54) is 15.9 Å². The molecule has 1 aliphatic rings. The summed E-state index contributed by atoms with van der Waals surface area (Å²) in [5.41, 5.74) is 0.152. The van der Waals surface area contributed by atoms with Crippen LogP contribution in [0.3, 0.4) is 0 Å². The van der Waals surface area contributed by atoms with Crippen LogP contribution in [0.2, 0.25) is 0 Å². The number of carbonyl (C=O) groups is 1. The molecule has 5 nitrogen and oxygen atoms in total. The van der Waals surface area contributed by atoms with Crippen molar-refractivity contribution in [1.29, 1.82) is 0 Å². The number of fused-ring (bicyclic) bond motifs is 1. The number of carbonyl (C=O) groups excluding carboxylic acids is 1. The number of piperidine rings is 1. The first-order valence-corrected chi connectivity index (χ1v) is 11.6. The Morgan fingerprint density at radius 2 is 1.87 bits per heavy atom. The number of rotatable bonds is 4. The number of amides is 1. The topological polar surface area (TPSA) is 55.2 Å². The SMILES string of the molecule is C[C@H]1C[C@H](C)CN(C(=O)CSc2nc3ccsc3c(=O)n2-c2cc(F)cc(F)c2)C1. The van der Waals surface area contributed by atoms with Gasteiger partial charge in [-0.25, -0.2) is 13.8 Å². The third kappa shape index (κ3) is 4.27. The predicted octanol–water partition coefficient (Wildman–Crippen LogP) is 4.32. The highest BCUT2D eigenvalue weighted by molar-refractivity contribution is 7.99. The molecule has 0 unspecified atom stereocenters. The maximum Gasteiger partial charge on any atom is 0.276 e. The highest BCUT2D eigenvalue weighted by Crippen LogP contribution is 2.26. The van der Waals surface area contributed by atoms with Gasteiger partial charge in [0.2, 0.25) is 5.91 Å². The highest BCUT2D eigenvalue weighted by atomic mass is 32.2. The van der Waals surface area contributed by atoms with Crippen molar-refractivity contribution in [2.75, 3.05) is 18.8 Å². The van der Waals surface area contributed by atoms with Crippen molar-refractivity contribution in [3.05, 3.63) is 51.6 Å². The number of nitrogens with zero attached hydrogens (tertiary/aromatic N) is 3. The molecule has 4 rings (SSSR count). The monoisotopic (exact) mass is 449 g/mol. The molecule has 0 bridgehead atoms. The second kappa shape index (κ2) is 8.47. The van der Waals surface area contributed by atoms with Crippen molar-refractivity contribution in [3.8, 4) is 5.69 Å². The van der Waals surface area contributed by atoms with Crippen LogP contribution >= 0.6 is 23.1 Å². The molecule has 1 saturated heterocycles. The number of halogens is 2. The van der Waals surface area contributed by atoms with E-state index in [1.54, 1.807) is 11.4 Å². The molecule has 1 aromatic carbocycles. The van der Waals surface area contributed by atoms with Crippen LogP contribution in [0.1, 0.15) is 20.3 Å². The van der Waals surface area contributed by atoms with Gasteiger partial charge in [0.05, 0.1) is 17.0 Å². The quantitative estimate of drug-likeness (QED) is 0.440. The number of thioether (sulfide) groups is 1. The summed E-state index contributed by atoms with van der Waals surface area (Å²) in [6.45, 7) is 5.68. The van der Waals surface area contributed by atoms with Crippen molar-refractivity contribution in [2.24, 2.45) is 11.8 Å². The molecule has 1 fully saturated rings. The van der Waals surface area contributed by atoms with Gasteiger partial charge in [-0.15, -0.1) is 11.3 Å². The van der Waals surface area contributed by atoms with E-state index < -0.39 is 17.2 Å². The van der Waals surface area contributed by atoms with Gasteiger partial charge in [0.15, 0.2) is 5.16 Å². The van der Waals surface area contributed by atoms with Gasteiger partial charge < -0.3 is 4.90 Å². The van der Waals surface area contributed by atoms with Gasteiger partial charge in [-0.05, 0) is 41.8 Å². The Kier molecular flexibility index (Phi) is 5.92. The maximum atomic E-state index is 13.8. The van der Waals surface area contributed by atoms with Gasteiger partial charge in [-0.1, -0.05) is 25.6 Å². The van der Waals surface area contributed by atoms with Crippen molar-refractivity contribution in [2.45, 2.75) is 25.4 Å². The van der Waals surface area contributed by atoms with Crippen molar-refractivity contribution >= 4 is 39.2 Å². The summed E-state index contributed by atoms with van der Waals surface area (Å²) in [6.07, 6.45) is 1.10. The smallest absolute Gasteiger partial charge is 0.276 e. The summed E-state index contributed by atoms with van der Waals surface area (Å²) in [4.78, 5) is 32.2. The fourth-order valence-electron chi connectivity index (χ4n) is 3.97. The van der Waals surface area contributed by atoms with Crippen LogP contribution < -0.4 is 5.56 Å². The molecule has 30 heavy (non-hydrogen) atoms. The van der Waals surface area contributed by atoms with E-state index in [0.29, 0.717) is 35.1 Å². The van der Waals surface area contributed by atoms with Crippen LogP contribution in [0, 0.1) is 23.5 Å². The van der Waals surface area contributed by atoms with E-state index in [2.05, 4.69) is 18.8 Å². The van der Waals surface area contributed by atoms with Crippen LogP contribution in [0.15, 0.2) is 39.6 Å². The number of aromatic nitrogens is 2. The van der Waals surface area contributed by atoms with E-state index in [9.17, 15) is 18.4 Å². The van der Waals surface area contributed by atoms with Gasteiger partial charge in [-0.2, -0.15) is 0 Å². The molecular formula is C21H21F2N3O2S2.